The molecule has 192 valence electrons. The second kappa shape index (κ2) is 8.68. The van der Waals surface area contributed by atoms with Gasteiger partial charge in [-0.15, -0.1) is 0 Å². The van der Waals surface area contributed by atoms with Gasteiger partial charge < -0.3 is 9.80 Å². The third kappa shape index (κ3) is 4.52. The number of amides is 2. The van der Waals surface area contributed by atoms with E-state index in [0.29, 0.717) is 5.69 Å². The van der Waals surface area contributed by atoms with Crippen molar-refractivity contribution in [1.82, 2.24) is 34.6 Å². The predicted molar refractivity (Wildman–Crippen MR) is 123 cm³/mol. The highest BCUT2D eigenvalue weighted by atomic mass is 19.4. The Hall–Kier alpha value is -4.29. The van der Waals surface area contributed by atoms with Gasteiger partial charge in [-0.1, -0.05) is 0 Å². The Morgan fingerprint density at radius 2 is 1.78 bits per heavy atom. The number of aromatic nitrogens is 5. The molecule has 0 aliphatic carbocycles. The van der Waals surface area contributed by atoms with E-state index in [1.165, 1.54) is 23.2 Å². The van der Waals surface area contributed by atoms with E-state index in [1.54, 1.807) is 24.8 Å². The van der Waals surface area contributed by atoms with Gasteiger partial charge in [-0.25, -0.2) is 13.9 Å². The lowest BCUT2D eigenvalue weighted by Gasteiger charge is -2.46. The summed E-state index contributed by atoms with van der Waals surface area (Å²) < 4.78 is 56.0. The zero-order valence-electron chi connectivity index (χ0n) is 19.8. The molecule has 1 fully saturated rings. The molecule has 4 heterocycles. The van der Waals surface area contributed by atoms with Gasteiger partial charge in [0, 0.05) is 31.4 Å². The van der Waals surface area contributed by atoms with Gasteiger partial charge in [0.15, 0.2) is 5.65 Å². The first kappa shape index (κ1) is 24.4. The fourth-order valence-corrected chi connectivity index (χ4v) is 4.44. The van der Waals surface area contributed by atoms with Gasteiger partial charge in [-0.2, -0.15) is 23.4 Å². The number of nitrogens with one attached hydrogen (secondary N) is 1. The van der Waals surface area contributed by atoms with Crippen LogP contribution in [0, 0.1) is 5.82 Å². The van der Waals surface area contributed by atoms with Gasteiger partial charge in [-0.3, -0.25) is 14.7 Å². The minimum absolute atomic E-state index is 0.0533. The minimum atomic E-state index is -4.78. The van der Waals surface area contributed by atoms with Crippen LogP contribution in [0.25, 0.3) is 16.9 Å². The van der Waals surface area contributed by atoms with Crippen molar-refractivity contribution in [3.8, 4) is 11.3 Å². The molecule has 0 radical (unpaired) electrons. The van der Waals surface area contributed by atoms with Gasteiger partial charge in [0.1, 0.15) is 22.8 Å². The van der Waals surface area contributed by atoms with E-state index in [9.17, 15) is 27.2 Å². The van der Waals surface area contributed by atoms with Crippen LogP contribution >= 0.6 is 0 Å². The number of rotatable bonds is 3. The van der Waals surface area contributed by atoms with Crippen LogP contribution in [0.2, 0.25) is 0 Å². The summed E-state index contributed by atoms with van der Waals surface area (Å²) in [7, 11) is 0. The molecule has 1 aromatic carbocycles. The molecule has 0 atom stereocenters. The Kier molecular flexibility index (Phi) is 5.72. The van der Waals surface area contributed by atoms with E-state index in [4.69, 9.17) is 0 Å². The molecule has 1 aliphatic heterocycles. The minimum Gasteiger partial charge on any atom is -0.333 e. The molecule has 37 heavy (non-hydrogen) atoms. The van der Waals surface area contributed by atoms with E-state index in [0.717, 1.165) is 28.9 Å². The molecule has 3 aromatic heterocycles. The van der Waals surface area contributed by atoms with E-state index in [1.807, 2.05) is 0 Å². The van der Waals surface area contributed by atoms with Crippen molar-refractivity contribution in [3.05, 3.63) is 71.6 Å². The Morgan fingerprint density at radius 1 is 1.05 bits per heavy atom. The number of benzene rings is 1. The number of piperazine rings is 1. The maximum absolute atomic E-state index is 13.9. The summed E-state index contributed by atoms with van der Waals surface area (Å²) in [5.41, 5.74) is -2.10. The summed E-state index contributed by atoms with van der Waals surface area (Å²) in [4.78, 5) is 33.2. The number of H-pyrrole nitrogens is 1. The van der Waals surface area contributed by atoms with Crippen LogP contribution in [0.3, 0.4) is 0 Å². The monoisotopic (exact) mass is 515 g/mol. The predicted octanol–water partition coefficient (Wildman–Crippen LogP) is 3.65. The average Bonchev–Trinajstić information content (AvgIpc) is 3.52. The Balaban J connectivity index is 1.47. The standard InChI is InChI=1S/C24H21F4N7O2/c1-23(2)13-33(21(36)17-7-8-29-31-17)9-10-34(23)22(37)19-12-35-20(30-19)16(24(26,27)28)11-18(32-35)14-3-5-15(25)6-4-14/h3-8,11-12H,9-10,13H2,1-2H3,(H,29,31). The second-order valence-electron chi connectivity index (χ2n) is 9.31. The smallest absolute Gasteiger partial charge is 0.333 e. The number of carbonyl (C=O) groups is 2. The van der Waals surface area contributed by atoms with Crippen molar-refractivity contribution in [2.24, 2.45) is 0 Å². The number of fused-ring (bicyclic) bond motifs is 1. The molecule has 9 nitrogen and oxygen atoms in total. The van der Waals surface area contributed by atoms with E-state index in [-0.39, 0.29) is 42.5 Å². The largest absolute Gasteiger partial charge is 0.420 e. The zero-order chi connectivity index (χ0) is 26.5. The van der Waals surface area contributed by atoms with E-state index in [2.05, 4.69) is 20.3 Å². The molecular weight excluding hydrogens is 494 g/mol. The van der Waals surface area contributed by atoms with Gasteiger partial charge in [0.25, 0.3) is 11.8 Å². The van der Waals surface area contributed by atoms with Crippen molar-refractivity contribution in [3.63, 3.8) is 0 Å². The summed E-state index contributed by atoms with van der Waals surface area (Å²) in [5.74, 6) is -1.39. The summed E-state index contributed by atoms with van der Waals surface area (Å²) in [5, 5.41) is 10.6. The first-order valence-electron chi connectivity index (χ1n) is 11.3. The number of hydrogen-bond acceptors (Lipinski definition) is 5. The molecule has 0 unspecified atom stereocenters. The maximum atomic E-state index is 13.9. The highest BCUT2D eigenvalue weighted by Crippen LogP contribution is 2.35. The van der Waals surface area contributed by atoms with Crippen LogP contribution < -0.4 is 0 Å². The molecule has 0 bridgehead atoms. The average molecular weight is 515 g/mol. The van der Waals surface area contributed by atoms with Crippen molar-refractivity contribution in [2.75, 3.05) is 19.6 Å². The Morgan fingerprint density at radius 3 is 2.41 bits per heavy atom. The van der Waals surface area contributed by atoms with Gasteiger partial charge in [0.05, 0.1) is 17.4 Å². The Bertz CT molecular complexity index is 1480. The number of nitrogens with zero attached hydrogens (tertiary/aromatic N) is 6. The third-order valence-corrected chi connectivity index (χ3v) is 6.26. The topological polar surface area (TPSA) is 99.5 Å². The number of aromatic amines is 1. The lowest BCUT2D eigenvalue weighted by Crippen LogP contribution is -2.62. The highest BCUT2D eigenvalue weighted by Gasteiger charge is 2.41. The van der Waals surface area contributed by atoms with E-state index >= 15 is 0 Å². The van der Waals surface area contributed by atoms with Gasteiger partial charge in [-0.05, 0) is 50.2 Å². The first-order chi connectivity index (χ1) is 17.4. The lowest BCUT2D eigenvalue weighted by molar-refractivity contribution is -0.136. The fraction of sp³-hybridized carbons (Fsp3) is 0.292. The van der Waals surface area contributed by atoms with Crippen LogP contribution in [0.5, 0.6) is 0 Å². The highest BCUT2D eigenvalue weighted by molar-refractivity contribution is 5.95. The number of imidazole rings is 1. The molecule has 1 aliphatic rings. The maximum Gasteiger partial charge on any atom is 0.420 e. The van der Waals surface area contributed by atoms with Crippen LogP contribution in [0.1, 0.15) is 40.4 Å². The molecule has 4 aromatic rings. The number of hydrogen-bond donors (Lipinski definition) is 1. The van der Waals surface area contributed by atoms with Crippen molar-refractivity contribution >= 4 is 17.5 Å². The zero-order valence-corrected chi connectivity index (χ0v) is 19.8. The lowest BCUT2D eigenvalue weighted by atomic mass is 9.98. The molecule has 5 rings (SSSR count). The van der Waals surface area contributed by atoms with Crippen LogP contribution in [-0.4, -0.2) is 71.6 Å². The molecule has 0 saturated carbocycles. The molecule has 1 N–H and O–H groups in total. The van der Waals surface area contributed by atoms with Crippen LogP contribution in [0.4, 0.5) is 17.6 Å². The van der Waals surface area contributed by atoms with Crippen molar-refractivity contribution < 1.29 is 27.2 Å². The van der Waals surface area contributed by atoms with Crippen molar-refractivity contribution in [1.29, 1.82) is 0 Å². The number of alkyl halides is 3. The molecule has 1 saturated heterocycles. The SMILES string of the molecule is CC1(C)CN(C(=O)c2ccn[nH]2)CCN1C(=O)c1cn2nc(-c3ccc(F)cc3)cc(C(F)(F)F)c2n1. The molecular formula is C24H21F4N7O2. The van der Waals surface area contributed by atoms with Crippen LogP contribution in [0.15, 0.2) is 48.8 Å². The third-order valence-electron chi connectivity index (χ3n) is 6.26. The van der Waals surface area contributed by atoms with Crippen molar-refractivity contribution in [2.45, 2.75) is 25.6 Å². The number of carbonyl (C=O) groups excluding carboxylic acids is 2. The van der Waals surface area contributed by atoms with Crippen LogP contribution in [-0.2, 0) is 6.18 Å². The fourth-order valence-electron chi connectivity index (χ4n) is 4.44. The number of halogens is 4. The van der Waals surface area contributed by atoms with Gasteiger partial charge >= 0.3 is 6.18 Å². The molecule has 13 heteroatoms. The summed E-state index contributed by atoms with van der Waals surface area (Å²) in [6.45, 7) is 4.10. The summed E-state index contributed by atoms with van der Waals surface area (Å²) in [6.07, 6.45) is -2.16. The quantitative estimate of drug-likeness (QED) is 0.420. The first-order valence-corrected chi connectivity index (χ1v) is 11.3. The Labute approximate surface area is 207 Å². The molecule has 0 spiro atoms. The van der Waals surface area contributed by atoms with Gasteiger partial charge in [0.2, 0.25) is 0 Å². The summed E-state index contributed by atoms with van der Waals surface area (Å²) >= 11 is 0. The summed E-state index contributed by atoms with van der Waals surface area (Å²) in [6, 6.07) is 7.26. The second-order valence-corrected chi connectivity index (χ2v) is 9.31. The normalized spacial score (nSPS) is 15.8. The molecule has 2 amide bonds. The van der Waals surface area contributed by atoms with E-state index < -0.39 is 34.7 Å².